The number of ether oxygens (including phenoxy) is 1. The fraction of sp³-hybridized carbons (Fsp3) is 0.682. The number of halogens is 1. The second kappa shape index (κ2) is 8.01. The molecule has 0 atom stereocenters. The summed E-state index contributed by atoms with van der Waals surface area (Å²) in [5, 5.41) is 0. The number of carbonyl (C=O) groups excluding carboxylic acids is 1. The zero-order chi connectivity index (χ0) is 21.6. The topological polar surface area (TPSA) is 69.7 Å². The van der Waals surface area contributed by atoms with Crippen molar-refractivity contribution in [3.63, 3.8) is 0 Å². The molecule has 5 nitrogen and oxygen atoms in total. The van der Waals surface area contributed by atoms with Gasteiger partial charge in [0, 0.05) is 16.1 Å². The molecule has 0 aliphatic heterocycles. The zero-order valence-corrected chi connectivity index (χ0v) is 19.1. The number of hydrogen-bond donors (Lipinski definition) is 0. The summed E-state index contributed by atoms with van der Waals surface area (Å²) in [6.07, 6.45) is 7.96. The van der Waals surface area contributed by atoms with Gasteiger partial charge in [0.15, 0.2) is 0 Å². The Morgan fingerprint density at radius 3 is 2.13 bits per heavy atom. The molecule has 0 unspecified atom stereocenters. The molecular weight excluding hydrogens is 427 g/mol. The fourth-order valence-electron chi connectivity index (χ4n) is 6.25. The van der Waals surface area contributed by atoms with Crippen molar-refractivity contribution in [1.29, 1.82) is 0 Å². The zero-order valence-electron chi connectivity index (χ0n) is 17.4. The van der Waals surface area contributed by atoms with E-state index >= 15 is 0 Å². The highest BCUT2D eigenvalue weighted by Crippen LogP contribution is 2.64. The third kappa shape index (κ3) is 4.79. The number of carbonyl (C=O) groups is 1. The molecule has 0 N–H and O–H groups in total. The number of rotatable bonds is 8. The molecule has 0 saturated heterocycles. The van der Waals surface area contributed by atoms with Crippen molar-refractivity contribution in [2.75, 3.05) is 5.75 Å². The monoisotopic (exact) mass is 456 g/mol. The van der Waals surface area contributed by atoms with Gasteiger partial charge in [-0.2, -0.15) is 8.42 Å². The van der Waals surface area contributed by atoms with E-state index in [1.54, 1.807) is 12.1 Å². The first-order chi connectivity index (χ1) is 14.0. The number of benzene rings is 1. The predicted molar refractivity (Wildman–Crippen MR) is 113 cm³/mol. The molecule has 0 radical (unpaired) electrons. The van der Waals surface area contributed by atoms with Gasteiger partial charge in [0.25, 0.3) is 0 Å². The molecule has 30 heavy (non-hydrogen) atoms. The molecule has 0 heterocycles. The molecule has 0 aromatic heterocycles. The summed E-state index contributed by atoms with van der Waals surface area (Å²) in [6, 6.07) is 6.04. The van der Waals surface area contributed by atoms with Crippen molar-refractivity contribution < 1.29 is 26.0 Å². The Morgan fingerprint density at radius 2 is 1.63 bits per heavy atom. The maximum Gasteiger partial charge on any atom is 0.488 e. The molecule has 1 aromatic rings. The van der Waals surface area contributed by atoms with E-state index in [0.717, 1.165) is 22.6 Å². The van der Waals surface area contributed by atoms with Gasteiger partial charge in [0.1, 0.15) is 11.4 Å². The van der Waals surface area contributed by atoms with Gasteiger partial charge in [-0.05, 0) is 94.4 Å². The molecule has 4 aliphatic rings. The summed E-state index contributed by atoms with van der Waals surface area (Å²) in [5.74, 6) is 2.72. The van der Waals surface area contributed by atoms with Crippen molar-refractivity contribution in [2.45, 2.75) is 69.3 Å². The summed E-state index contributed by atoms with van der Waals surface area (Å²) >= 11 is 1.46. The van der Waals surface area contributed by atoms with E-state index in [1.165, 1.54) is 62.4 Å². The van der Waals surface area contributed by atoms with Crippen LogP contribution in [-0.4, -0.2) is 25.7 Å². The van der Waals surface area contributed by atoms with Crippen LogP contribution in [0.3, 0.4) is 0 Å². The van der Waals surface area contributed by atoms with Gasteiger partial charge in [-0.1, -0.05) is 3.89 Å². The first kappa shape index (κ1) is 21.9. The first-order valence-corrected chi connectivity index (χ1v) is 12.9. The molecule has 0 amide bonds. The number of esters is 1. The summed E-state index contributed by atoms with van der Waals surface area (Å²) in [7, 11) is -5.02. The van der Waals surface area contributed by atoms with Crippen molar-refractivity contribution >= 4 is 28.2 Å². The Bertz CT molecular complexity index is 859. The average Bonchev–Trinajstić information content (AvgIpc) is 2.60. The highest BCUT2D eigenvalue weighted by Gasteiger charge is 2.58. The minimum atomic E-state index is -5.02. The summed E-state index contributed by atoms with van der Waals surface area (Å²) in [5.41, 5.74) is -0.307. The Kier molecular flexibility index (Phi) is 5.85. The minimum absolute atomic E-state index is 0.0846. The van der Waals surface area contributed by atoms with Crippen LogP contribution in [0.25, 0.3) is 0 Å². The van der Waals surface area contributed by atoms with Gasteiger partial charge in [0.2, 0.25) is 0 Å². The van der Waals surface area contributed by atoms with Gasteiger partial charge in [-0.15, -0.1) is 11.8 Å². The van der Waals surface area contributed by atoms with Crippen LogP contribution in [0, 0.1) is 23.2 Å². The van der Waals surface area contributed by atoms with E-state index in [-0.39, 0.29) is 17.1 Å². The molecule has 8 heteroatoms. The van der Waals surface area contributed by atoms with Crippen molar-refractivity contribution in [3.8, 4) is 5.75 Å². The van der Waals surface area contributed by atoms with Crippen LogP contribution in [0.1, 0.15) is 58.8 Å². The molecule has 4 bridgehead atoms. The van der Waals surface area contributed by atoms with E-state index in [4.69, 9.17) is 4.74 Å². The van der Waals surface area contributed by atoms with Crippen LogP contribution in [0.5, 0.6) is 5.75 Å². The van der Waals surface area contributed by atoms with Gasteiger partial charge < -0.3 is 8.92 Å². The predicted octanol–water partition coefficient (Wildman–Crippen LogP) is 5.30. The van der Waals surface area contributed by atoms with Crippen LogP contribution in [0.15, 0.2) is 29.2 Å². The van der Waals surface area contributed by atoms with E-state index in [2.05, 4.69) is 18.0 Å². The van der Waals surface area contributed by atoms with E-state index in [1.807, 2.05) is 0 Å². The molecule has 4 aliphatic carbocycles. The largest absolute Gasteiger partial charge is 0.488 e. The maximum atomic E-state index is 12.6. The molecule has 0 spiro atoms. The third-order valence-electron chi connectivity index (χ3n) is 7.28. The molecule has 4 saturated carbocycles. The summed E-state index contributed by atoms with van der Waals surface area (Å²) in [6.45, 7) is 4.20. The van der Waals surface area contributed by atoms with Crippen molar-refractivity contribution in [2.24, 2.45) is 23.2 Å². The highest BCUT2D eigenvalue weighted by atomic mass is 32.3. The lowest BCUT2D eigenvalue weighted by atomic mass is 9.46. The average molecular weight is 457 g/mol. The molecule has 5 rings (SSSR count). The summed E-state index contributed by atoms with van der Waals surface area (Å²) in [4.78, 5) is 13.4. The lowest BCUT2D eigenvalue weighted by Gasteiger charge is -2.61. The van der Waals surface area contributed by atoms with Crippen molar-refractivity contribution in [1.82, 2.24) is 0 Å². The SMILES string of the molecule is CC(C)(OC(=O)CCSc1ccc(OS(=O)(=O)F)cc1)C12CC3CC(CC(C3)C1)C2. The number of thioether (sulfide) groups is 1. The standard InChI is InChI=1S/C22H29FO5S2/c1-21(2,22-12-15-9-16(13-22)11-17(10-15)14-22)27-20(24)7-8-29-19-5-3-18(4-6-19)28-30(23,25)26/h3-6,15-17H,7-14H2,1-2H3. The minimum Gasteiger partial charge on any atom is -0.459 e. The van der Waals surface area contributed by atoms with Crippen LogP contribution in [-0.2, 0) is 20.0 Å². The number of hydrogen-bond acceptors (Lipinski definition) is 6. The van der Waals surface area contributed by atoms with E-state index in [0.29, 0.717) is 12.2 Å². The molecular formula is C22H29FO5S2. The Hall–Kier alpha value is -1.28. The second-order valence-electron chi connectivity index (χ2n) is 9.73. The molecule has 166 valence electrons. The maximum absolute atomic E-state index is 12.6. The quantitative estimate of drug-likeness (QED) is 0.300. The Morgan fingerprint density at radius 1 is 1.10 bits per heavy atom. The highest BCUT2D eigenvalue weighted by molar-refractivity contribution is 7.99. The van der Waals surface area contributed by atoms with Gasteiger partial charge in [-0.3, -0.25) is 4.79 Å². The first-order valence-electron chi connectivity index (χ1n) is 10.6. The van der Waals surface area contributed by atoms with Crippen LogP contribution < -0.4 is 4.18 Å². The van der Waals surface area contributed by atoms with E-state index in [9.17, 15) is 17.1 Å². The van der Waals surface area contributed by atoms with Crippen LogP contribution in [0.2, 0.25) is 0 Å². The van der Waals surface area contributed by atoms with Crippen molar-refractivity contribution in [3.05, 3.63) is 24.3 Å². The lowest BCUT2D eigenvalue weighted by molar-refractivity contribution is -0.198. The lowest BCUT2D eigenvalue weighted by Crippen LogP contribution is -2.57. The second-order valence-corrected chi connectivity index (χ2v) is 11.8. The third-order valence-corrected chi connectivity index (χ3v) is 8.68. The Balaban J connectivity index is 1.28. The van der Waals surface area contributed by atoms with Gasteiger partial charge in [0.05, 0.1) is 6.42 Å². The van der Waals surface area contributed by atoms with Gasteiger partial charge >= 0.3 is 16.5 Å². The smallest absolute Gasteiger partial charge is 0.459 e. The Labute approximate surface area is 182 Å². The normalized spacial score (nSPS) is 30.3. The fourth-order valence-corrected chi connectivity index (χ4v) is 7.42. The van der Waals surface area contributed by atoms with E-state index < -0.39 is 16.1 Å². The van der Waals surface area contributed by atoms with Gasteiger partial charge in [-0.25, -0.2) is 0 Å². The molecule has 4 fully saturated rings. The molecule has 1 aromatic carbocycles. The van der Waals surface area contributed by atoms with Crippen LogP contribution >= 0.6 is 11.8 Å². The van der Waals surface area contributed by atoms with Crippen LogP contribution in [0.4, 0.5) is 3.89 Å². The summed E-state index contributed by atoms with van der Waals surface area (Å²) < 4.78 is 43.8.